The fraction of sp³-hybridized carbons (Fsp3) is 0.111. The molecule has 1 aliphatic rings. The van der Waals surface area contributed by atoms with Gasteiger partial charge < -0.3 is 4.74 Å². The first kappa shape index (κ1) is 13.3. The standard InChI is InChI=1S/C15H11N.C3H5NO/c1-2-7-13(8-3-1)15-14-9-5-4-6-12(14)10-11-16-15;1-2-5-3-4-1/h1-11H;3H,1-2H2. The summed E-state index contributed by atoms with van der Waals surface area (Å²) in [6.07, 6.45) is 3.35. The molecule has 3 aromatic rings. The zero-order chi connectivity index (χ0) is 14.3. The number of nitrogens with zero attached hydrogens (tertiary/aromatic N) is 2. The minimum atomic E-state index is 0.778. The largest absolute Gasteiger partial charge is 0.482 e. The second kappa shape index (κ2) is 6.66. The summed E-state index contributed by atoms with van der Waals surface area (Å²) in [7, 11) is 0. The van der Waals surface area contributed by atoms with Gasteiger partial charge in [-0.15, -0.1) is 0 Å². The van der Waals surface area contributed by atoms with Crippen LogP contribution in [0.25, 0.3) is 22.0 Å². The van der Waals surface area contributed by atoms with Crippen molar-refractivity contribution in [2.24, 2.45) is 4.99 Å². The topological polar surface area (TPSA) is 34.5 Å². The van der Waals surface area contributed by atoms with E-state index < -0.39 is 0 Å². The Labute approximate surface area is 123 Å². The van der Waals surface area contributed by atoms with Crippen LogP contribution in [0, 0.1) is 0 Å². The van der Waals surface area contributed by atoms with Gasteiger partial charge in [-0.3, -0.25) is 9.98 Å². The highest BCUT2D eigenvalue weighted by Gasteiger charge is 2.03. The number of benzene rings is 2. The summed E-state index contributed by atoms with van der Waals surface area (Å²) in [5.41, 5.74) is 2.22. The molecule has 0 saturated carbocycles. The number of hydrogen-bond acceptors (Lipinski definition) is 3. The third kappa shape index (κ3) is 3.26. The summed E-state index contributed by atoms with van der Waals surface area (Å²) in [4.78, 5) is 8.21. The molecule has 0 fully saturated rings. The summed E-state index contributed by atoms with van der Waals surface area (Å²) in [5, 5.41) is 2.44. The van der Waals surface area contributed by atoms with E-state index in [9.17, 15) is 0 Å². The van der Waals surface area contributed by atoms with Gasteiger partial charge in [0, 0.05) is 17.1 Å². The van der Waals surface area contributed by atoms with E-state index in [0.29, 0.717) is 0 Å². The Kier molecular flexibility index (Phi) is 4.22. The Morgan fingerprint density at radius 3 is 2.38 bits per heavy atom. The van der Waals surface area contributed by atoms with E-state index in [4.69, 9.17) is 0 Å². The molecular formula is C18H16N2O. The van der Waals surface area contributed by atoms with Crippen LogP contribution in [0.15, 0.2) is 71.9 Å². The van der Waals surface area contributed by atoms with Crippen molar-refractivity contribution in [1.82, 2.24) is 4.98 Å². The molecule has 21 heavy (non-hydrogen) atoms. The predicted octanol–water partition coefficient (Wildman–Crippen LogP) is 3.95. The van der Waals surface area contributed by atoms with Crippen molar-refractivity contribution in [2.45, 2.75) is 0 Å². The molecule has 0 spiro atoms. The Bertz CT molecular complexity index is 727. The lowest BCUT2D eigenvalue weighted by Gasteiger charge is -2.04. The van der Waals surface area contributed by atoms with Crippen LogP contribution < -0.4 is 0 Å². The van der Waals surface area contributed by atoms with Gasteiger partial charge in [-0.1, -0.05) is 54.6 Å². The van der Waals surface area contributed by atoms with E-state index in [1.165, 1.54) is 22.7 Å². The van der Waals surface area contributed by atoms with Crippen LogP contribution in [-0.2, 0) is 4.74 Å². The number of pyridine rings is 1. The monoisotopic (exact) mass is 276 g/mol. The minimum Gasteiger partial charge on any atom is -0.482 e. The van der Waals surface area contributed by atoms with Crippen LogP contribution in [-0.4, -0.2) is 24.5 Å². The van der Waals surface area contributed by atoms with Gasteiger partial charge in [0.05, 0.1) is 12.2 Å². The zero-order valence-electron chi connectivity index (χ0n) is 11.6. The van der Waals surface area contributed by atoms with Crippen LogP contribution in [0.2, 0.25) is 0 Å². The smallest absolute Gasteiger partial charge is 0.169 e. The first-order valence-corrected chi connectivity index (χ1v) is 6.94. The predicted molar refractivity (Wildman–Crippen MR) is 86.5 cm³/mol. The van der Waals surface area contributed by atoms with Crippen LogP contribution in [0.5, 0.6) is 0 Å². The van der Waals surface area contributed by atoms with Crippen molar-refractivity contribution in [1.29, 1.82) is 0 Å². The number of fused-ring (bicyclic) bond motifs is 1. The second-order valence-corrected chi connectivity index (χ2v) is 4.63. The van der Waals surface area contributed by atoms with Gasteiger partial charge in [0.25, 0.3) is 0 Å². The number of ether oxygens (including phenoxy) is 1. The van der Waals surface area contributed by atoms with Crippen molar-refractivity contribution in [2.75, 3.05) is 13.2 Å². The number of aliphatic imine (C=N–C) groups is 1. The summed E-state index contributed by atoms with van der Waals surface area (Å²) in [6, 6.07) is 20.7. The van der Waals surface area contributed by atoms with Gasteiger partial charge in [-0.05, 0) is 11.5 Å². The Morgan fingerprint density at radius 1 is 0.857 bits per heavy atom. The van der Waals surface area contributed by atoms with Crippen LogP contribution >= 0.6 is 0 Å². The van der Waals surface area contributed by atoms with E-state index in [0.717, 1.165) is 18.8 Å². The highest BCUT2D eigenvalue weighted by molar-refractivity contribution is 5.94. The van der Waals surface area contributed by atoms with Gasteiger partial charge >= 0.3 is 0 Å². The molecule has 4 rings (SSSR count). The Hall–Kier alpha value is -2.68. The molecule has 0 saturated heterocycles. The quantitative estimate of drug-likeness (QED) is 0.674. The van der Waals surface area contributed by atoms with Gasteiger partial charge in [0.1, 0.15) is 6.61 Å². The summed E-state index contributed by atoms with van der Waals surface area (Å²) in [5.74, 6) is 0. The van der Waals surface area contributed by atoms with Crippen molar-refractivity contribution >= 4 is 17.2 Å². The van der Waals surface area contributed by atoms with Crippen LogP contribution in [0.3, 0.4) is 0 Å². The molecule has 3 heteroatoms. The maximum absolute atomic E-state index is 4.65. The molecule has 2 heterocycles. The van der Waals surface area contributed by atoms with Gasteiger partial charge in [-0.2, -0.15) is 0 Å². The van der Waals surface area contributed by atoms with E-state index in [2.05, 4.69) is 51.1 Å². The van der Waals surface area contributed by atoms with Crippen molar-refractivity contribution in [3.05, 3.63) is 66.9 Å². The van der Waals surface area contributed by atoms with E-state index in [1.54, 1.807) is 0 Å². The Morgan fingerprint density at radius 2 is 1.67 bits per heavy atom. The molecule has 0 aliphatic carbocycles. The van der Waals surface area contributed by atoms with E-state index in [1.807, 2.05) is 30.5 Å². The summed E-state index contributed by atoms with van der Waals surface area (Å²) in [6.45, 7) is 1.62. The molecule has 0 amide bonds. The van der Waals surface area contributed by atoms with E-state index in [-0.39, 0.29) is 0 Å². The fourth-order valence-corrected chi connectivity index (χ4v) is 2.21. The third-order valence-corrected chi connectivity index (χ3v) is 3.21. The molecule has 3 nitrogen and oxygen atoms in total. The molecule has 0 radical (unpaired) electrons. The molecular weight excluding hydrogens is 260 g/mol. The molecule has 104 valence electrons. The highest BCUT2D eigenvalue weighted by Crippen LogP contribution is 2.25. The summed E-state index contributed by atoms with van der Waals surface area (Å²) >= 11 is 0. The maximum atomic E-state index is 4.65. The summed E-state index contributed by atoms with van der Waals surface area (Å²) < 4.78 is 4.65. The van der Waals surface area contributed by atoms with Crippen molar-refractivity contribution in [3.63, 3.8) is 0 Å². The highest BCUT2D eigenvalue weighted by atomic mass is 16.5. The van der Waals surface area contributed by atoms with Crippen molar-refractivity contribution in [3.8, 4) is 11.3 Å². The molecule has 0 atom stereocenters. The fourth-order valence-electron chi connectivity index (χ4n) is 2.21. The third-order valence-electron chi connectivity index (χ3n) is 3.21. The van der Waals surface area contributed by atoms with Gasteiger partial charge in [0.2, 0.25) is 0 Å². The average Bonchev–Trinajstić information content (AvgIpc) is 3.15. The Balaban J connectivity index is 0.000000225. The normalized spacial score (nSPS) is 12.6. The minimum absolute atomic E-state index is 0.778. The SMILES string of the molecule is C1=NCCO1.c1ccc(-c2nccc3ccccc23)cc1. The number of hydrogen-bond donors (Lipinski definition) is 0. The van der Waals surface area contributed by atoms with E-state index >= 15 is 0 Å². The molecule has 0 bridgehead atoms. The number of rotatable bonds is 1. The lowest BCUT2D eigenvalue weighted by atomic mass is 10.0. The second-order valence-electron chi connectivity index (χ2n) is 4.63. The molecule has 0 unspecified atom stereocenters. The average molecular weight is 276 g/mol. The first-order chi connectivity index (χ1) is 10.4. The zero-order valence-corrected chi connectivity index (χ0v) is 11.6. The maximum Gasteiger partial charge on any atom is 0.169 e. The van der Waals surface area contributed by atoms with Crippen LogP contribution in [0.1, 0.15) is 0 Å². The number of aromatic nitrogens is 1. The molecule has 1 aromatic heterocycles. The van der Waals surface area contributed by atoms with Gasteiger partial charge in [0.15, 0.2) is 6.40 Å². The van der Waals surface area contributed by atoms with Crippen molar-refractivity contribution < 1.29 is 4.74 Å². The molecule has 2 aromatic carbocycles. The lowest BCUT2D eigenvalue weighted by Crippen LogP contribution is -1.84. The lowest BCUT2D eigenvalue weighted by molar-refractivity contribution is 0.361. The van der Waals surface area contributed by atoms with Crippen LogP contribution in [0.4, 0.5) is 0 Å². The van der Waals surface area contributed by atoms with Gasteiger partial charge in [-0.25, -0.2) is 0 Å². The molecule has 0 N–H and O–H groups in total. The molecule has 1 aliphatic heterocycles. The first-order valence-electron chi connectivity index (χ1n) is 6.94.